The van der Waals surface area contributed by atoms with Crippen molar-refractivity contribution in [1.29, 1.82) is 0 Å². The highest BCUT2D eigenvalue weighted by Crippen LogP contribution is 2.27. The number of hydrazine groups is 1. The maximum atomic E-state index is 6.16. The molecule has 0 saturated carbocycles. The molecule has 2 aromatic rings. The minimum atomic E-state index is 0.165. The second kappa shape index (κ2) is 8.29. The Kier molecular flexibility index (Phi) is 6.39. The monoisotopic (exact) mass is 322 g/mol. The van der Waals surface area contributed by atoms with Gasteiger partial charge in [-0.2, -0.15) is 0 Å². The Morgan fingerprint density at radius 2 is 2.05 bits per heavy atom. The third-order valence-corrected chi connectivity index (χ3v) is 4.81. The lowest BCUT2D eigenvalue weighted by molar-refractivity contribution is 0.414. The molecule has 0 aliphatic rings. The molecule has 1 atom stereocenters. The first-order chi connectivity index (χ1) is 10.2. The lowest BCUT2D eigenvalue weighted by atomic mass is 10.1. The van der Waals surface area contributed by atoms with Crippen molar-refractivity contribution in [1.82, 2.24) is 5.43 Å². The molecule has 0 radical (unpaired) electrons. The number of ether oxygens (including phenoxy) is 1. The summed E-state index contributed by atoms with van der Waals surface area (Å²) in [6, 6.07) is 16.0. The van der Waals surface area contributed by atoms with Gasteiger partial charge in [0, 0.05) is 16.7 Å². The third kappa shape index (κ3) is 4.93. The van der Waals surface area contributed by atoms with Crippen LogP contribution >= 0.6 is 23.4 Å². The van der Waals surface area contributed by atoms with Crippen molar-refractivity contribution in [2.24, 2.45) is 5.84 Å². The van der Waals surface area contributed by atoms with E-state index in [1.807, 2.05) is 42.5 Å². The van der Waals surface area contributed by atoms with Gasteiger partial charge in [-0.15, -0.1) is 11.8 Å². The molecule has 3 nitrogen and oxygen atoms in total. The van der Waals surface area contributed by atoms with Crippen molar-refractivity contribution in [2.75, 3.05) is 12.9 Å². The van der Waals surface area contributed by atoms with Gasteiger partial charge in [-0.3, -0.25) is 11.3 Å². The highest BCUT2D eigenvalue weighted by molar-refractivity contribution is 7.99. The quantitative estimate of drug-likeness (QED) is 0.465. The van der Waals surface area contributed by atoms with Crippen LogP contribution in [0, 0.1) is 0 Å². The van der Waals surface area contributed by atoms with Gasteiger partial charge in [-0.1, -0.05) is 35.9 Å². The van der Waals surface area contributed by atoms with E-state index >= 15 is 0 Å². The minimum Gasteiger partial charge on any atom is -0.497 e. The zero-order chi connectivity index (χ0) is 15.1. The van der Waals surface area contributed by atoms with E-state index in [1.54, 1.807) is 18.9 Å². The standard InChI is InChI=1S/C16H19ClN2OS/c1-20-14-6-4-5-12(10-14)9-13(19-18)11-21-16-8-3-2-7-15(16)17/h2-8,10,13,19H,9,11,18H2,1H3. The largest absolute Gasteiger partial charge is 0.497 e. The molecule has 5 heteroatoms. The van der Waals surface area contributed by atoms with Crippen molar-refractivity contribution < 1.29 is 4.74 Å². The second-order valence-electron chi connectivity index (χ2n) is 4.66. The number of rotatable bonds is 7. The number of nitrogens with one attached hydrogen (secondary N) is 1. The number of hydrogen-bond donors (Lipinski definition) is 2. The predicted octanol–water partition coefficient (Wildman–Crippen LogP) is 3.52. The van der Waals surface area contributed by atoms with Crippen LogP contribution in [0.1, 0.15) is 5.56 Å². The Balaban J connectivity index is 1.95. The topological polar surface area (TPSA) is 47.3 Å². The van der Waals surface area contributed by atoms with Crippen LogP contribution in [0.2, 0.25) is 5.02 Å². The maximum Gasteiger partial charge on any atom is 0.119 e. The molecule has 0 fully saturated rings. The van der Waals surface area contributed by atoms with E-state index < -0.39 is 0 Å². The summed E-state index contributed by atoms with van der Waals surface area (Å²) in [7, 11) is 1.67. The summed E-state index contributed by atoms with van der Waals surface area (Å²) >= 11 is 7.86. The van der Waals surface area contributed by atoms with Crippen molar-refractivity contribution in [3.63, 3.8) is 0 Å². The Hall–Kier alpha value is -1.20. The maximum absolute atomic E-state index is 6.16. The van der Waals surface area contributed by atoms with Gasteiger partial charge >= 0.3 is 0 Å². The molecule has 0 aliphatic heterocycles. The molecule has 0 heterocycles. The molecule has 0 saturated heterocycles. The Bertz CT molecular complexity index is 580. The first kappa shape index (κ1) is 16.2. The average molecular weight is 323 g/mol. The van der Waals surface area contributed by atoms with E-state index in [0.717, 1.165) is 27.8 Å². The summed E-state index contributed by atoms with van der Waals surface area (Å²) < 4.78 is 5.24. The first-order valence-corrected chi connectivity index (χ1v) is 8.05. The van der Waals surface area contributed by atoms with Gasteiger partial charge in [-0.25, -0.2) is 0 Å². The Morgan fingerprint density at radius 1 is 1.24 bits per heavy atom. The van der Waals surface area contributed by atoms with Gasteiger partial charge in [0.2, 0.25) is 0 Å². The number of benzene rings is 2. The molecule has 0 aromatic heterocycles. The fourth-order valence-corrected chi connectivity index (χ4v) is 3.28. The van der Waals surface area contributed by atoms with Crippen molar-refractivity contribution >= 4 is 23.4 Å². The normalized spacial score (nSPS) is 12.1. The summed E-state index contributed by atoms with van der Waals surface area (Å²) in [6.45, 7) is 0. The van der Waals surface area contributed by atoms with E-state index in [1.165, 1.54) is 5.56 Å². The van der Waals surface area contributed by atoms with Crippen molar-refractivity contribution in [3.8, 4) is 5.75 Å². The molecular formula is C16H19ClN2OS. The van der Waals surface area contributed by atoms with Gasteiger partial charge in [0.25, 0.3) is 0 Å². The Labute approximate surface area is 134 Å². The second-order valence-corrected chi connectivity index (χ2v) is 6.13. The van der Waals surface area contributed by atoms with Crippen molar-refractivity contribution in [3.05, 3.63) is 59.1 Å². The zero-order valence-corrected chi connectivity index (χ0v) is 13.5. The molecule has 1 unspecified atom stereocenters. The van der Waals surface area contributed by atoms with Crippen LogP contribution in [0.25, 0.3) is 0 Å². The minimum absolute atomic E-state index is 0.165. The smallest absolute Gasteiger partial charge is 0.119 e. The number of methoxy groups -OCH3 is 1. The fraction of sp³-hybridized carbons (Fsp3) is 0.250. The van der Waals surface area contributed by atoms with Crippen LogP contribution in [0.3, 0.4) is 0 Å². The molecule has 2 rings (SSSR count). The lowest BCUT2D eigenvalue weighted by Gasteiger charge is -2.16. The molecule has 0 bridgehead atoms. The van der Waals surface area contributed by atoms with E-state index in [-0.39, 0.29) is 6.04 Å². The number of thioether (sulfide) groups is 1. The van der Waals surface area contributed by atoms with Gasteiger partial charge in [0.1, 0.15) is 5.75 Å². The summed E-state index contributed by atoms with van der Waals surface area (Å²) in [5, 5.41) is 0.777. The van der Waals surface area contributed by atoms with Crippen molar-refractivity contribution in [2.45, 2.75) is 17.4 Å². The molecule has 3 N–H and O–H groups in total. The highest BCUT2D eigenvalue weighted by Gasteiger charge is 2.10. The number of hydrogen-bond acceptors (Lipinski definition) is 4. The van der Waals surface area contributed by atoms with Crippen LogP contribution in [-0.2, 0) is 6.42 Å². The van der Waals surface area contributed by atoms with Gasteiger partial charge in [0.05, 0.1) is 12.1 Å². The van der Waals surface area contributed by atoms with Crippen LogP contribution in [-0.4, -0.2) is 18.9 Å². The van der Waals surface area contributed by atoms with Gasteiger partial charge < -0.3 is 4.74 Å². The fourth-order valence-electron chi connectivity index (χ4n) is 2.00. The summed E-state index contributed by atoms with van der Waals surface area (Å²) in [5.41, 5.74) is 4.06. The van der Waals surface area contributed by atoms with Crippen LogP contribution in [0.5, 0.6) is 5.75 Å². The van der Waals surface area contributed by atoms with Crippen LogP contribution in [0.4, 0.5) is 0 Å². The average Bonchev–Trinajstić information content (AvgIpc) is 2.53. The van der Waals surface area contributed by atoms with Gasteiger partial charge in [0.15, 0.2) is 0 Å². The van der Waals surface area contributed by atoms with E-state index in [9.17, 15) is 0 Å². The summed E-state index contributed by atoms with van der Waals surface area (Å²) in [4.78, 5) is 1.07. The third-order valence-electron chi connectivity index (χ3n) is 3.13. The van der Waals surface area contributed by atoms with Gasteiger partial charge in [-0.05, 0) is 36.2 Å². The number of nitrogens with two attached hydrogens (primary N) is 1. The molecule has 2 aromatic carbocycles. The predicted molar refractivity (Wildman–Crippen MR) is 90.0 cm³/mol. The molecule has 0 spiro atoms. The lowest BCUT2D eigenvalue weighted by Crippen LogP contribution is -2.38. The zero-order valence-electron chi connectivity index (χ0n) is 11.9. The SMILES string of the molecule is COc1cccc(CC(CSc2ccccc2Cl)NN)c1. The first-order valence-electron chi connectivity index (χ1n) is 6.69. The Morgan fingerprint density at radius 3 is 2.76 bits per heavy atom. The molecule has 0 amide bonds. The van der Waals surface area contributed by atoms with E-state index in [4.69, 9.17) is 22.2 Å². The summed E-state index contributed by atoms with van der Waals surface area (Å²) in [6.07, 6.45) is 0.838. The number of halogens is 1. The van der Waals surface area contributed by atoms with E-state index in [0.29, 0.717) is 0 Å². The van der Waals surface area contributed by atoms with Crippen LogP contribution < -0.4 is 16.0 Å². The highest BCUT2D eigenvalue weighted by atomic mass is 35.5. The molecular weight excluding hydrogens is 304 g/mol. The molecule has 0 aliphatic carbocycles. The molecule has 21 heavy (non-hydrogen) atoms. The van der Waals surface area contributed by atoms with Crippen LogP contribution in [0.15, 0.2) is 53.4 Å². The molecule has 112 valence electrons. The summed E-state index contributed by atoms with van der Waals surface area (Å²) in [5.74, 6) is 7.37. The van der Waals surface area contributed by atoms with E-state index in [2.05, 4.69) is 11.5 Å².